The lowest BCUT2D eigenvalue weighted by molar-refractivity contribution is 0.307. The summed E-state index contributed by atoms with van der Waals surface area (Å²) in [6.07, 6.45) is 4.38. The van der Waals surface area contributed by atoms with E-state index in [1.807, 2.05) is 24.3 Å². The molecular weight excluding hydrogens is 408 g/mol. The van der Waals surface area contributed by atoms with Gasteiger partial charge in [0.2, 0.25) is 0 Å². The van der Waals surface area contributed by atoms with Crippen molar-refractivity contribution in [3.63, 3.8) is 0 Å². The molecule has 0 radical (unpaired) electrons. The number of fused-ring (bicyclic) bond motifs is 1. The molecule has 0 spiro atoms. The maximum atomic E-state index is 5.94. The van der Waals surface area contributed by atoms with E-state index in [1.165, 1.54) is 0 Å². The third-order valence-corrected chi connectivity index (χ3v) is 4.54. The molecule has 0 heterocycles. The van der Waals surface area contributed by atoms with Crippen LogP contribution in [0, 0.1) is 0 Å². The van der Waals surface area contributed by atoms with Crippen LogP contribution in [-0.4, -0.2) is 23.9 Å². The van der Waals surface area contributed by atoms with E-state index >= 15 is 0 Å². The first-order valence-corrected chi connectivity index (χ1v) is 10.0. The molecule has 4 heteroatoms. The third-order valence-electron chi connectivity index (χ3n) is 3.42. The lowest BCUT2D eigenvalue weighted by Crippen LogP contribution is -2.00. The van der Waals surface area contributed by atoms with Gasteiger partial charge in [0.1, 0.15) is 11.5 Å². The first-order chi connectivity index (χ1) is 10.9. The van der Waals surface area contributed by atoms with Gasteiger partial charge in [0, 0.05) is 21.4 Å². The predicted octanol–water partition coefficient (Wildman–Crippen LogP) is 5.95. The molecule has 0 aliphatic heterocycles. The standard InChI is InChI=1S/C18H22Br2O2/c19-11-3-5-13-21-17-9-10-18(22-14-6-4-12-20)16-8-2-1-7-15(16)17/h1-2,7-10H,3-6,11-14H2. The number of alkyl halides is 2. The zero-order valence-electron chi connectivity index (χ0n) is 12.7. The van der Waals surface area contributed by atoms with Crippen LogP contribution < -0.4 is 9.47 Å². The molecule has 0 saturated carbocycles. The Morgan fingerprint density at radius 3 is 1.50 bits per heavy atom. The number of unbranched alkanes of at least 4 members (excludes halogenated alkanes) is 2. The first-order valence-electron chi connectivity index (χ1n) is 7.76. The second-order valence-electron chi connectivity index (χ2n) is 5.10. The summed E-state index contributed by atoms with van der Waals surface area (Å²) in [6, 6.07) is 12.3. The fourth-order valence-electron chi connectivity index (χ4n) is 2.25. The number of rotatable bonds is 10. The van der Waals surface area contributed by atoms with Crippen LogP contribution in [0.25, 0.3) is 10.8 Å². The second kappa shape index (κ2) is 10.1. The van der Waals surface area contributed by atoms with E-state index in [9.17, 15) is 0 Å². The number of hydrogen-bond acceptors (Lipinski definition) is 2. The Kier molecular flexibility index (Phi) is 8.10. The number of benzene rings is 2. The van der Waals surface area contributed by atoms with E-state index in [0.717, 1.165) is 71.8 Å². The lowest BCUT2D eigenvalue weighted by Gasteiger charge is -2.13. The molecule has 0 saturated heterocycles. The highest BCUT2D eigenvalue weighted by Gasteiger charge is 2.07. The maximum absolute atomic E-state index is 5.94. The molecule has 0 fully saturated rings. The molecule has 0 aromatic heterocycles. The Morgan fingerprint density at radius 1 is 0.636 bits per heavy atom. The molecule has 0 amide bonds. The van der Waals surface area contributed by atoms with Crippen LogP contribution in [0.1, 0.15) is 25.7 Å². The predicted molar refractivity (Wildman–Crippen MR) is 101 cm³/mol. The Balaban J connectivity index is 2.08. The van der Waals surface area contributed by atoms with Gasteiger partial charge >= 0.3 is 0 Å². The number of halogens is 2. The lowest BCUT2D eigenvalue weighted by atomic mass is 10.1. The van der Waals surface area contributed by atoms with Gasteiger partial charge in [-0.15, -0.1) is 0 Å². The highest BCUT2D eigenvalue weighted by atomic mass is 79.9. The van der Waals surface area contributed by atoms with Crippen molar-refractivity contribution in [2.75, 3.05) is 23.9 Å². The number of hydrogen-bond donors (Lipinski definition) is 0. The van der Waals surface area contributed by atoms with Crippen LogP contribution in [0.3, 0.4) is 0 Å². The Bertz CT molecular complexity index is 522. The molecule has 0 N–H and O–H groups in total. The Morgan fingerprint density at radius 2 is 1.09 bits per heavy atom. The maximum Gasteiger partial charge on any atom is 0.127 e. The van der Waals surface area contributed by atoms with Gasteiger partial charge in [0.15, 0.2) is 0 Å². The molecule has 0 aliphatic carbocycles. The average Bonchev–Trinajstić information content (AvgIpc) is 2.56. The molecule has 120 valence electrons. The molecular formula is C18H22Br2O2. The summed E-state index contributed by atoms with van der Waals surface area (Å²) in [5, 5.41) is 4.30. The van der Waals surface area contributed by atoms with Crippen LogP contribution in [0.15, 0.2) is 36.4 Å². The average molecular weight is 430 g/mol. The topological polar surface area (TPSA) is 18.5 Å². The van der Waals surface area contributed by atoms with Crippen LogP contribution in [0.2, 0.25) is 0 Å². The van der Waals surface area contributed by atoms with E-state index in [2.05, 4.69) is 44.0 Å². The summed E-state index contributed by atoms with van der Waals surface area (Å²) in [7, 11) is 0. The summed E-state index contributed by atoms with van der Waals surface area (Å²) in [5.74, 6) is 1.89. The summed E-state index contributed by atoms with van der Waals surface area (Å²) >= 11 is 6.89. The number of ether oxygens (including phenoxy) is 2. The van der Waals surface area contributed by atoms with Gasteiger partial charge in [0.25, 0.3) is 0 Å². The van der Waals surface area contributed by atoms with Gasteiger partial charge < -0.3 is 9.47 Å². The summed E-state index contributed by atoms with van der Waals surface area (Å²) in [4.78, 5) is 0. The van der Waals surface area contributed by atoms with Crippen molar-refractivity contribution in [2.24, 2.45) is 0 Å². The van der Waals surface area contributed by atoms with Crippen LogP contribution in [-0.2, 0) is 0 Å². The smallest absolute Gasteiger partial charge is 0.127 e. The Hall–Kier alpha value is -0.740. The minimum absolute atomic E-state index is 0.751. The molecule has 0 atom stereocenters. The van der Waals surface area contributed by atoms with E-state index in [4.69, 9.17) is 9.47 Å². The van der Waals surface area contributed by atoms with Crippen LogP contribution in [0.4, 0.5) is 0 Å². The Labute approximate surface area is 149 Å². The molecule has 0 aliphatic rings. The monoisotopic (exact) mass is 428 g/mol. The van der Waals surface area contributed by atoms with E-state index in [-0.39, 0.29) is 0 Å². The minimum Gasteiger partial charge on any atom is -0.493 e. The van der Waals surface area contributed by atoms with Gasteiger partial charge in [-0.25, -0.2) is 0 Å². The first kappa shape index (κ1) is 17.6. The van der Waals surface area contributed by atoms with Crippen molar-refractivity contribution < 1.29 is 9.47 Å². The fourth-order valence-corrected chi connectivity index (χ4v) is 3.05. The third kappa shape index (κ3) is 5.17. The van der Waals surface area contributed by atoms with E-state index < -0.39 is 0 Å². The van der Waals surface area contributed by atoms with Crippen LogP contribution in [0.5, 0.6) is 11.5 Å². The van der Waals surface area contributed by atoms with Gasteiger partial charge in [0.05, 0.1) is 13.2 Å². The largest absolute Gasteiger partial charge is 0.493 e. The van der Waals surface area contributed by atoms with E-state index in [0.29, 0.717) is 0 Å². The normalized spacial score (nSPS) is 10.8. The van der Waals surface area contributed by atoms with Crippen molar-refractivity contribution in [3.05, 3.63) is 36.4 Å². The molecule has 2 nitrogen and oxygen atoms in total. The van der Waals surface area contributed by atoms with Gasteiger partial charge in [-0.1, -0.05) is 56.1 Å². The zero-order chi connectivity index (χ0) is 15.6. The SMILES string of the molecule is BrCCCCOc1ccc(OCCCCBr)c2ccccc12. The van der Waals surface area contributed by atoms with Gasteiger partial charge in [-0.3, -0.25) is 0 Å². The zero-order valence-corrected chi connectivity index (χ0v) is 15.9. The quantitative estimate of drug-likeness (QED) is 0.343. The van der Waals surface area contributed by atoms with Crippen molar-refractivity contribution >= 4 is 42.6 Å². The highest BCUT2D eigenvalue weighted by Crippen LogP contribution is 2.33. The molecule has 2 aromatic carbocycles. The summed E-state index contributed by atoms with van der Waals surface area (Å²) in [5.41, 5.74) is 0. The summed E-state index contributed by atoms with van der Waals surface area (Å²) in [6.45, 7) is 1.50. The molecule has 2 aromatic rings. The van der Waals surface area contributed by atoms with Crippen molar-refractivity contribution in [1.82, 2.24) is 0 Å². The van der Waals surface area contributed by atoms with Crippen molar-refractivity contribution in [2.45, 2.75) is 25.7 Å². The van der Waals surface area contributed by atoms with E-state index in [1.54, 1.807) is 0 Å². The minimum atomic E-state index is 0.751. The fraction of sp³-hybridized carbons (Fsp3) is 0.444. The molecule has 0 bridgehead atoms. The second-order valence-corrected chi connectivity index (χ2v) is 6.68. The molecule has 0 unspecified atom stereocenters. The van der Waals surface area contributed by atoms with Gasteiger partial charge in [-0.2, -0.15) is 0 Å². The van der Waals surface area contributed by atoms with Crippen molar-refractivity contribution in [1.29, 1.82) is 0 Å². The molecule has 22 heavy (non-hydrogen) atoms. The highest BCUT2D eigenvalue weighted by molar-refractivity contribution is 9.09. The van der Waals surface area contributed by atoms with Crippen molar-refractivity contribution in [3.8, 4) is 11.5 Å². The molecule has 2 rings (SSSR count). The van der Waals surface area contributed by atoms with Gasteiger partial charge in [-0.05, 0) is 37.8 Å². The van der Waals surface area contributed by atoms with Crippen LogP contribution >= 0.6 is 31.9 Å². The summed E-state index contributed by atoms with van der Waals surface area (Å²) < 4.78 is 11.9.